The third-order valence-corrected chi connectivity index (χ3v) is 2.81. The van der Waals surface area contributed by atoms with Crippen molar-refractivity contribution in [3.05, 3.63) is 0 Å². The Morgan fingerprint density at radius 3 is 2.54 bits per heavy atom. The fourth-order valence-corrected chi connectivity index (χ4v) is 2.16. The van der Waals surface area contributed by atoms with Gasteiger partial charge < -0.3 is 10.2 Å². The lowest BCUT2D eigenvalue weighted by molar-refractivity contribution is 0.0144. The summed E-state index contributed by atoms with van der Waals surface area (Å²) in [5, 5.41) is 18.9. The molecule has 3 heteroatoms. The first-order valence-electron chi connectivity index (χ1n) is 5.17. The van der Waals surface area contributed by atoms with E-state index in [0.29, 0.717) is 6.54 Å². The predicted molar refractivity (Wildman–Crippen MR) is 52.6 cm³/mol. The molecular formula is C10H21NO2. The van der Waals surface area contributed by atoms with Gasteiger partial charge in [-0.3, -0.25) is 4.90 Å². The van der Waals surface area contributed by atoms with Gasteiger partial charge in [-0.2, -0.15) is 0 Å². The molecule has 1 unspecified atom stereocenters. The summed E-state index contributed by atoms with van der Waals surface area (Å²) in [7, 11) is 1.98. The highest BCUT2D eigenvalue weighted by atomic mass is 16.3. The van der Waals surface area contributed by atoms with Crippen molar-refractivity contribution < 1.29 is 10.2 Å². The van der Waals surface area contributed by atoms with Crippen LogP contribution in [0.5, 0.6) is 0 Å². The average molecular weight is 187 g/mol. The summed E-state index contributed by atoms with van der Waals surface area (Å²) in [5.41, 5.74) is 0. The van der Waals surface area contributed by atoms with Crippen LogP contribution in [0.25, 0.3) is 0 Å². The van der Waals surface area contributed by atoms with Gasteiger partial charge in [0, 0.05) is 12.6 Å². The van der Waals surface area contributed by atoms with E-state index in [4.69, 9.17) is 0 Å². The second kappa shape index (κ2) is 4.94. The Bertz CT molecular complexity index is 150. The van der Waals surface area contributed by atoms with Crippen molar-refractivity contribution in [2.45, 2.75) is 50.9 Å². The molecule has 0 saturated heterocycles. The first-order valence-corrected chi connectivity index (χ1v) is 5.17. The molecule has 0 aromatic rings. The Kier molecular flexibility index (Phi) is 4.16. The quantitative estimate of drug-likeness (QED) is 0.680. The van der Waals surface area contributed by atoms with Crippen LogP contribution in [-0.2, 0) is 0 Å². The van der Waals surface area contributed by atoms with Gasteiger partial charge in [0.25, 0.3) is 0 Å². The highest BCUT2D eigenvalue weighted by molar-refractivity contribution is 4.81. The Hall–Kier alpha value is -0.120. The summed E-state index contributed by atoms with van der Waals surface area (Å²) in [4.78, 5) is 2.08. The maximum atomic E-state index is 9.73. The first-order chi connectivity index (χ1) is 6.11. The molecule has 0 aromatic carbocycles. The molecule has 0 spiro atoms. The van der Waals surface area contributed by atoms with Gasteiger partial charge >= 0.3 is 0 Å². The molecule has 0 bridgehead atoms. The molecule has 0 radical (unpaired) electrons. The lowest BCUT2D eigenvalue weighted by Crippen LogP contribution is -2.45. The lowest BCUT2D eigenvalue weighted by Gasteiger charge is -2.35. The van der Waals surface area contributed by atoms with Gasteiger partial charge in [0.05, 0.1) is 12.2 Å². The van der Waals surface area contributed by atoms with Crippen LogP contribution in [0.1, 0.15) is 32.6 Å². The van der Waals surface area contributed by atoms with E-state index in [-0.39, 0.29) is 18.2 Å². The zero-order valence-electron chi connectivity index (χ0n) is 8.61. The van der Waals surface area contributed by atoms with Crippen LogP contribution in [0.3, 0.4) is 0 Å². The van der Waals surface area contributed by atoms with Crippen LogP contribution >= 0.6 is 0 Å². The first kappa shape index (κ1) is 11.0. The van der Waals surface area contributed by atoms with Gasteiger partial charge in [0.15, 0.2) is 0 Å². The molecule has 1 aliphatic rings. The minimum absolute atomic E-state index is 0.197. The fourth-order valence-electron chi connectivity index (χ4n) is 2.16. The monoisotopic (exact) mass is 187 g/mol. The number of rotatable bonds is 3. The van der Waals surface area contributed by atoms with Gasteiger partial charge in [0.2, 0.25) is 0 Å². The summed E-state index contributed by atoms with van der Waals surface area (Å²) in [6.07, 6.45) is 3.81. The summed E-state index contributed by atoms with van der Waals surface area (Å²) < 4.78 is 0. The molecule has 1 saturated carbocycles. The van der Waals surface area contributed by atoms with E-state index in [2.05, 4.69) is 4.90 Å². The van der Waals surface area contributed by atoms with Crippen molar-refractivity contribution in [1.82, 2.24) is 4.90 Å². The SMILES string of the molecule is CC(O)CN(C)[C@H]1CCCC[C@@H]1O. The Labute approximate surface area is 80.4 Å². The Morgan fingerprint density at radius 1 is 1.38 bits per heavy atom. The van der Waals surface area contributed by atoms with Gasteiger partial charge in [0.1, 0.15) is 0 Å². The van der Waals surface area contributed by atoms with Crippen molar-refractivity contribution in [3.8, 4) is 0 Å². The van der Waals surface area contributed by atoms with Gasteiger partial charge in [-0.05, 0) is 26.8 Å². The molecular weight excluding hydrogens is 166 g/mol. The third kappa shape index (κ3) is 3.25. The number of hydrogen-bond donors (Lipinski definition) is 2. The normalized spacial score (nSPS) is 32.1. The number of aliphatic hydroxyl groups is 2. The predicted octanol–water partition coefficient (Wildman–Crippen LogP) is 0.602. The summed E-state index contributed by atoms with van der Waals surface area (Å²) in [6, 6.07) is 0.253. The molecule has 3 nitrogen and oxygen atoms in total. The lowest BCUT2D eigenvalue weighted by atomic mass is 9.91. The van der Waals surface area contributed by atoms with Gasteiger partial charge in [-0.1, -0.05) is 12.8 Å². The molecule has 0 amide bonds. The van der Waals surface area contributed by atoms with Crippen molar-refractivity contribution in [2.24, 2.45) is 0 Å². The average Bonchev–Trinajstić information content (AvgIpc) is 2.03. The number of aliphatic hydroxyl groups excluding tert-OH is 2. The molecule has 3 atom stereocenters. The Morgan fingerprint density at radius 2 is 2.00 bits per heavy atom. The highest BCUT2D eigenvalue weighted by Gasteiger charge is 2.26. The van der Waals surface area contributed by atoms with Crippen molar-refractivity contribution >= 4 is 0 Å². The zero-order valence-corrected chi connectivity index (χ0v) is 8.61. The van der Waals surface area contributed by atoms with E-state index >= 15 is 0 Å². The number of likely N-dealkylation sites (N-methyl/N-ethyl adjacent to an activating group) is 1. The van der Waals surface area contributed by atoms with Gasteiger partial charge in [-0.25, -0.2) is 0 Å². The van der Waals surface area contributed by atoms with Crippen molar-refractivity contribution in [2.75, 3.05) is 13.6 Å². The summed E-state index contributed by atoms with van der Waals surface area (Å²) >= 11 is 0. The van der Waals surface area contributed by atoms with E-state index in [9.17, 15) is 10.2 Å². The van der Waals surface area contributed by atoms with Crippen LogP contribution < -0.4 is 0 Å². The van der Waals surface area contributed by atoms with Crippen LogP contribution in [0.15, 0.2) is 0 Å². The molecule has 0 aliphatic heterocycles. The molecule has 1 rings (SSSR count). The van der Waals surface area contributed by atoms with E-state index in [1.807, 2.05) is 7.05 Å². The maximum absolute atomic E-state index is 9.73. The van der Waals surface area contributed by atoms with E-state index in [0.717, 1.165) is 19.3 Å². The molecule has 78 valence electrons. The maximum Gasteiger partial charge on any atom is 0.0695 e. The second-order valence-electron chi connectivity index (χ2n) is 4.21. The summed E-state index contributed by atoms with van der Waals surface area (Å²) in [6.45, 7) is 2.44. The topological polar surface area (TPSA) is 43.7 Å². The van der Waals surface area contributed by atoms with Crippen LogP contribution in [0.4, 0.5) is 0 Å². The highest BCUT2D eigenvalue weighted by Crippen LogP contribution is 2.22. The van der Waals surface area contributed by atoms with Crippen molar-refractivity contribution in [3.63, 3.8) is 0 Å². The molecule has 2 N–H and O–H groups in total. The zero-order chi connectivity index (χ0) is 9.84. The largest absolute Gasteiger partial charge is 0.392 e. The summed E-state index contributed by atoms with van der Waals surface area (Å²) in [5.74, 6) is 0. The van der Waals surface area contributed by atoms with E-state index < -0.39 is 0 Å². The fraction of sp³-hybridized carbons (Fsp3) is 1.00. The molecule has 0 aromatic heterocycles. The minimum Gasteiger partial charge on any atom is -0.392 e. The molecule has 0 heterocycles. The van der Waals surface area contributed by atoms with E-state index in [1.54, 1.807) is 6.92 Å². The van der Waals surface area contributed by atoms with Crippen molar-refractivity contribution in [1.29, 1.82) is 0 Å². The van der Waals surface area contributed by atoms with Gasteiger partial charge in [-0.15, -0.1) is 0 Å². The standard InChI is InChI=1S/C10H21NO2/c1-8(12)7-11(2)9-5-3-4-6-10(9)13/h8-10,12-13H,3-7H2,1-2H3/t8?,9-,10-/m0/s1. The minimum atomic E-state index is -0.306. The molecule has 1 fully saturated rings. The second-order valence-corrected chi connectivity index (χ2v) is 4.21. The molecule has 1 aliphatic carbocycles. The smallest absolute Gasteiger partial charge is 0.0695 e. The third-order valence-electron chi connectivity index (χ3n) is 2.81. The molecule has 13 heavy (non-hydrogen) atoms. The Balaban J connectivity index is 2.39. The number of hydrogen-bond acceptors (Lipinski definition) is 3. The van der Waals surface area contributed by atoms with Crippen LogP contribution in [0.2, 0.25) is 0 Å². The van der Waals surface area contributed by atoms with Crippen LogP contribution in [-0.4, -0.2) is 47.0 Å². The van der Waals surface area contributed by atoms with Crippen LogP contribution in [0, 0.1) is 0 Å². The van der Waals surface area contributed by atoms with E-state index in [1.165, 1.54) is 6.42 Å². The number of nitrogens with zero attached hydrogens (tertiary/aromatic N) is 1.